The molecule has 0 aliphatic carbocycles. The maximum Gasteiger partial charge on any atom is 0.266 e. The smallest absolute Gasteiger partial charge is 0.266 e. The lowest BCUT2D eigenvalue weighted by Crippen LogP contribution is -2.13. The second-order valence-corrected chi connectivity index (χ2v) is 8.38. The Labute approximate surface area is 194 Å². The first-order valence-electron chi connectivity index (χ1n) is 9.70. The van der Waals surface area contributed by atoms with E-state index in [4.69, 9.17) is 21.1 Å². The normalized spacial score (nSPS) is 10.8. The molecule has 4 aromatic rings. The highest BCUT2D eigenvalue weighted by molar-refractivity contribution is 7.20. The summed E-state index contributed by atoms with van der Waals surface area (Å²) in [6.07, 6.45) is 1.51. The molecule has 0 unspecified atom stereocenters. The molecule has 0 radical (unpaired) electrons. The van der Waals surface area contributed by atoms with Gasteiger partial charge in [-0.3, -0.25) is 4.79 Å². The fraction of sp³-hybridized carbons (Fsp3) is 0.174. The van der Waals surface area contributed by atoms with Crippen molar-refractivity contribution in [3.05, 3.63) is 64.3 Å². The Morgan fingerprint density at radius 2 is 1.81 bits per heavy atom. The number of hydrogen-bond acceptors (Lipinski definition) is 7. The average molecular weight is 469 g/mol. The summed E-state index contributed by atoms with van der Waals surface area (Å²) < 4.78 is 10.6. The lowest BCUT2D eigenvalue weighted by atomic mass is 10.1. The minimum Gasteiger partial charge on any atom is -0.495 e. The standard InChI is InChI=1S/C23H21ClN4O3S/c1-13-19-21(28(2)14-8-6-5-7-9-14)25-12-26-23(19)32-20(13)22(29)27-16-10-15(24)17(30-3)11-18(16)31-4/h5-12H,1-4H3,(H,27,29). The maximum absolute atomic E-state index is 13.2. The van der Waals surface area contributed by atoms with Gasteiger partial charge in [0.1, 0.15) is 28.5 Å². The molecule has 1 amide bonds. The third kappa shape index (κ3) is 3.94. The number of carbonyl (C=O) groups is 1. The van der Waals surface area contributed by atoms with Crippen molar-refractivity contribution >= 4 is 56.3 Å². The van der Waals surface area contributed by atoms with Crippen LogP contribution in [0, 0.1) is 6.92 Å². The molecule has 2 aromatic carbocycles. The van der Waals surface area contributed by atoms with Crippen LogP contribution in [0.15, 0.2) is 48.8 Å². The van der Waals surface area contributed by atoms with E-state index in [-0.39, 0.29) is 5.91 Å². The van der Waals surface area contributed by atoms with Crippen LogP contribution >= 0.6 is 22.9 Å². The summed E-state index contributed by atoms with van der Waals surface area (Å²) in [6.45, 7) is 1.90. The Balaban J connectivity index is 1.73. The molecule has 4 rings (SSSR count). The number of methoxy groups -OCH3 is 2. The van der Waals surface area contributed by atoms with Crippen molar-refractivity contribution in [2.45, 2.75) is 6.92 Å². The third-order valence-electron chi connectivity index (χ3n) is 5.10. The van der Waals surface area contributed by atoms with Crippen LogP contribution in [0.2, 0.25) is 5.02 Å². The predicted octanol–water partition coefficient (Wildman–Crippen LogP) is 5.69. The van der Waals surface area contributed by atoms with E-state index in [1.807, 2.05) is 49.2 Å². The number of ether oxygens (including phenoxy) is 2. The lowest BCUT2D eigenvalue weighted by Gasteiger charge is -2.19. The number of halogens is 1. The van der Waals surface area contributed by atoms with E-state index in [2.05, 4.69) is 15.3 Å². The molecule has 2 aromatic heterocycles. The molecule has 7 nitrogen and oxygen atoms in total. The second-order valence-electron chi connectivity index (χ2n) is 6.97. The predicted molar refractivity (Wildman–Crippen MR) is 129 cm³/mol. The third-order valence-corrected chi connectivity index (χ3v) is 6.59. The van der Waals surface area contributed by atoms with Crippen LogP contribution in [-0.4, -0.2) is 37.1 Å². The van der Waals surface area contributed by atoms with Crippen LogP contribution in [0.25, 0.3) is 10.2 Å². The van der Waals surface area contributed by atoms with Gasteiger partial charge in [-0.25, -0.2) is 9.97 Å². The number of fused-ring (bicyclic) bond motifs is 1. The minimum absolute atomic E-state index is 0.279. The van der Waals surface area contributed by atoms with Crippen LogP contribution in [0.5, 0.6) is 11.5 Å². The van der Waals surface area contributed by atoms with E-state index >= 15 is 0 Å². The summed E-state index contributed by atoms with van der Waals surface area (Å²) in [4.78, 5) is 25.4. The van der Waals surface area contributed by atoms with Crippen LogP contribution in [0.1, 0.15) is 15.2 Å². The molecule has 0 saturated carbocycles. The first-order valence-corrected chi connectivity index (χ1v) is 10.9. The Bertz CT molecular complexity index is 1290. The van der Waals surface area contributed by atoms with E-state index in [1.54, 1.807) is 12.1 Å². The van der Waals surface area contributed by atoms with Gasteiger partial charge in [0.25, 0.3) is 5.91 Å². The van der Waals surface area contributed by atoms with E-state index in [1.165, 1.54) is 31.9 Å². The molecule has 164 valence electrons. The van der Waals surface area contributed by atoms with Crippen molar-refractivity contribution < 1.29 is 14.3 Å². The van der Waals surface area contributed by atoms with Crippen molar-refractivity contribution in [3.8, 4) is 11.5 Å². The Hall–Kier alpha value is -3.36. The van der Waals surface area contributed by atoms with Crippen molar-refractivity contribution in [1.29, 1.82) is 0 Å². The highest BCUT2D eigenvalue weighted by Gasteiger charge is 2.22. The Morgan fingerprint density at radius 3 is 2.50 bits per heavy atom. The molecule has 0 aliphatic rings. The molecule has 0 aliphatic heterocycles. The SMILES string of the molecule is COc1cc(OC)c(NC(=O)c2sc3ncnc(N(C)c4ccccc4)c3c2C)cc1Cl. The summed E-state index contributed by atoms with van der Waals surface area (Å²) in [5.41, 5.74) is 2.24. The van der Waals surface area contributed by atoms with Gasteiger partial charge in [-0.2, -0.15) is 0 Å². The molecule has 0 spiro atoms. The number of para-hydroxylation sites is 1. The van der Waals surface area contributed by atoms with Crippen molar-refractivity contribution in [2.75, 3.05) is 31.5 Å². The number of anilines is 3. The summed E-state index contributed by atoms with van der Waals surface area (Å²) in [7, 11) is 4.98. The molecule has 0 saturated heterocycles. The number of hydrogen-bond donors (Lipinski definition) is 1. The summed E-state index contributed by atoms with van der Waals surface area (Å²) in [5, 5.41) is 4.11. The van der Waals surface area contributed by atoms with Crippen LogP contribution < -0.4 is 19.7 Å². The van der Waals surface area contributed by atoms with Gasteiger partial charge in [0, 0.05) is 18.8 Å². The maximum atomic E-state index is 13.2. The molecule has 9 heteroatoms. The minimum atomic E-state index is -0.279. The first kappa shape index (κ1) is 21.9. The summed E-state index contributed by atoms with van der Waals surface area (Å²) in [5.74, 6) is 1.36. The largest absolute Gasteiger partial charge is 0.495 e. The van der Waals surface area contributed by atoms with Crippen molar-refractivity contribution in [1.82, 2.24) is 9.97 Å². The molecular formula is C23H21ClN4O3S. The number of rotatable bonds is 6. The van der Waals surface area contributed by atoms with Gasteiger partial charge < -0.3 is 19.7 Å². The number of aromatic nitrogens is 2. The van der Waals surface area contributed by atoms with E-state index in [0.717, 1.165) is 27.3 Å². The van der Waals surface area contributed by atoms with E-state index in [9.17, 15) is 4.79 Å². The molecule has 2 heterocycles. The topological polar surface area (TPSA) is 76.6 Å². The number of benzene rings is 2. The van der Waals surface area contributed by atoms with E-state index in [0.29, 0.717) is 27.1 Å². The Kier molecular flexibility index (Phi) is 6.16. The van der Waals surface area contributed by atoms with Crippen LogP contribution in [0.3, 0.4) is 0 Å². The molecule has 0 fully saturated rings. The molecule has 1 N–H and O–H groups in total. The zero-order chi connectivity index (χ0) is 22.8. The fourth-order valence-electron chi connectivity index (χ4n) is 3.43. The number of thiophene rings is 1. The van der Waals surface area contributed by atoms with Gasteiger partial charge >= 0.3 is 0 Å². The van der Waals surface area contributed by atoms with E-state index < -0.39 is 0 Å². The number of carbonyl (C=O) groups excluding carboxylic acids is 1. The van der Waals surface area contributed by atoms with Crippen molar-refractivity contribution in [3.63, 3.8) is 0 Å². The zero-order valence-corrected chi connectivity index (χ0v) is 19.5. The average Bonchev–Trinajstić information content (AvgIpc) is 3.16. The quantitative estimate of drug-likeness (QED) is 0.391. The number of nitrogens with zero attached hydrogens (tertiary/aromatic N) is 3. The molecule has 0 bridgehead atoms. The van der Waals surface area contributed by atoms with Gasteiger partial charge in [-0.15, -0.1) is 11.3 Å². The molecule has 0 atom stereocenters. The molecule has 32 heavy (non-hydrogen) atoms. The monoisotopic (exact) mass is 468 g/mol. The number of nitrogens with one attached hydrogen (secondary N) is 1. The zero-order valence-electron chi connectivity index (χ0n) is 18.0. The highest BCUT2D eigenvalue weighted by Crippen LogP contribution is 2.39. The lowest BCUT2D eigenvalue weighted by molar-refractivity contribution is 0.102. The number of aryl methyl sites for hydroxylation is 1. The van der Waals surface area contributed by atoms with Crippen LogP contribution in [-0.2, 0) is 0 Å². The highest BCUT2D eigenvalue weighted by atomic mass is 35.5. The van der Waals surface area contributed by atoms with Gasteiger partial charge in [0.15, 0.2) is 0 Å². The van der Waals surface area contributed by atoms with Gasteiger partial charge in [-0.05, 0) is 30.7 Å². The second kappa shape index (κ2) is 9.02. The van der Waals surface area contributed by atoms with Crippen LogP contribution in [0.4, 0.5) is 17.2 Å². The van der Waals surface area contributed by atoms with Crippen molar-refractivity contribution in [2.24, 2.45) is 0 Å². The summed E-state index contributed by atoms with van der Waals surface area (Å²) >= 11 is 7.56. The van der Waals surface area contributed by atoms with Gasteiger partial charge in [0.2, 0.25) is 0 Å². The first-order chi connectivity index (χ1) is 15.4. The van der Waals surface area contributed by atoms with Gasteiger partial charge in [-0.1, -0.05) is 29.8 Å². The van der Waals surface area contributed by atoms with Gasteiger partial charge in [0.05, 0.1) is 35.2 Å². The summed E-state index contributed by atoms with van der Waals surface area (Å²) in [6, 6.07) is 13.1. The number of amides is 1. The molecular weight excluding hydrogens is 448 g/mol. The Morgan fingerprint density at radius 1 is 1.09 bits per heavy atom. The fourth-order valence-corrected chi connectivity index (χ4v) is 4.71.